The predicted octanol–water partition coefficient (Wildman–Crippen LogP) is 1.20. The molecule has 0 saturated carbocycles. The summed E-state index contributed by atoms with van der Waals surface area (Å²) >= 11 is 0. The van der Waals surface area contributed by atoms with Crippen molar-refractivity contribution in [2.75, 3.05) is 28.7 Å². The molecule has 1 heterocycles. The monoisotopic (exact) mass is 254 g/mol. The van der Waals surface area contributed by atoms with Gasteiger partial charge in [-0.2, -0.15) is 0 Å². The van der Waals surface area contributed by atoms with Crippen LogP contribution >= 0.6 is 0 Å². The van der Waals surface area contributed by atoms with Gasteiger partial charge in [0, 0.05) is 12.6 Å². The lowest BCUT2D eigenvalue weighted by Crippen LogP contribution is -2.47. The van der Waals surface area contributed by atoms with E-state index in [4.69, 9.17) is 5.73 Å². The summed E-state index contributed by atoms with van der Waals surface area (Å²) in [6.07, 6.45) is 0. The Bertz CT molecular complexity index is 505. The topological polar surface area (TPSA) is 63.4 Å². The second kappa shape index (κ2) is 4.22. The van der Waals surface area contributed by atoms with Crippen molar-refractivity contribution in [2.45, 2.75) is 19.9 Å². The molecule has 0 amide bonds. The maximum absolute atomic E-state index is 11.5. The largest absolute Gasteiger partial charge is 0.397 e. The van der Waals surface area contributed by atoms with E-state index in [-0.39, 0.29) is 17.5 Å². The molecule has 4 nitrogen and oxygen atoms in total. The SMILES string of the molecule is Cc1cccc(N)c1N1CCS(=O)(=O)CC1C. The van der Waals surface area contributed by atoms with Gasteiger partial charge in [-0.05, 0) is 25.5 Å². The number of nitrogen functional groups attached to an aromatic ring is 1. The average Bonchev–Trinajstić information content (AvgIpc) is 2.19. The summed E-state index contributed by atoms with van der Waals surface area (Å²) < 4.78 is 23.1. The maximum Gasteiger partial charge on any atom is 0.154 e. The highest BCUT2D eigenvalue weighted by Crippen LogP contribution is 2.30. The van der Waals surface area contributed by atoms with Gasteiger partial charge in [0.2, 0.25) is 0 Å². The smallest absolute Gasteiger partial charge is 0.154 e. The van der Waals surface area contributed by atoms with Crippen LogP contribution in [0.2, 0.25) is 0 Å². The molecule has 1 fully saturated rings. The number of nitrogens with zero attached hydrogens (tertiary/aromatic N) is 1. The first kappa shape index (κ1) is 12.2. The molecular formula is C12H18N2O2S. The summed E-state index contributed by atoms with van der Waals surface area (Å²) in [6, 6.07) is 5.76. The van der Waals surface area contributed by atoms with Crippen molar-refractivity contribution in [1.82, 2.24) is 0 Å². The third-order valence-electron chi connectivity index (χ3n) is 3.23. The van der Waals surface area contributed by atoms with Gasteiger partial charge in [-0.3, -0.25) is 0 Å². The molecule has 1 aliphatic rings. The Morgan fingerprint density at radius 1 is 1.41 bits per heavy atom. The van der Waals surface area contributed by atoms with Gasteiger partial charge in [0.05, 0.1) is 22.9 Å². The number of benzene rings is 1. The number of hydrogen-bond acceptors (Lipinski definition) is 4. The highest BCUT2D eigenvalue weighted by atomic mass is 32.2. The van der Waals surface area contributed by atoms with Crippen molar-refractivity contribution in [3.8, 4) is 0 Å². The first-order valence-electron chi connectivity index (χ1n) is 5.73. The normalized spacial score (nSPS) is 23.6. The number of anilines is 2. The van der Waals surface area contributed by atoms with Crippen LogP contribution < -0.4 is 10.6 Å². The van der Waals surface area contributed by atoms with E-state index in [0.717, 1.165) is 16.9 Å². The second-order valence-corrected chi connectivity index (χ2v) is 6.90. The van der Waals surface area contributed by atoms with E-state index >= 15 is 0 Å². The summed E-state index contributed by atoms with van der Waals surface area (Å²) in [5.41, 5.74) is 8.78. The van der Waals surface area contributed by atoms with Crippen LogP contribution in [0.3, 0.4) is 0 Å². The van der Waals surface area contributed by atoms with Gasteiger partial charge >= 0.3 is 0 Å². The molecule has 0 aliphatic carbocycles. The van der Waals surface area contributed by atoms with Crippen LogP contribution in [-0.4, -0.2) is 32.5 Å². The summed E-state index contributed by atoms with van der Waals surface area (Å²) in [4.78, 5) is 2.10. The van der Waals surface area contributed by atoms with E-state index in [0.29, 0.717) is 6.54 Å². The fraction of sp³-hybridized carbons (Fsp3) is 0.500. The molecule has 1 saturated heterocycles. The van der Waals surface area contributed by atoms with Gasteiger partial charge in [0.15, 0.2) is 9.84 Å². The van der Waals surface area contributed by atoms with Crippen molar-refractivity contribution >= 4 is 21.2 Å². The summed E-state index contributed by atoms with van der Waals surface area (Å²) in [7, 11) is -2.88. The maximum atomic E-state index is 11.5. The number of aryl methyl sites for hydroxylation is 1. The number of rotatable bonds is 1. The van der Waals surface area contributed by atoms with E-state index in [9.17, 15) is 8.42 Å². The van der Waals surface area contributed by atoms with Gasteiger partial charge < -0.3 is 10.6 Å². The average molecular weight is 254 g/mol. The van der Waals surface area contributed by atoms with Crippen molar-refractivity contribution in [3.63, 3.8) is 0 Å². The van der Waals surface area contributed by atoms with Gasteiger partial charge in [-0.15, -0.1) is 0 Å². The van der Waals surface area contributed by atoms with Crippen LogP contribution in [-0.2, 0) is 9.84 Å². The second-order valence-electron chi connectivity index (χ2n) is 4.67. The highest BCUT2D eigenvalue weighted by Gasteiger charge is 2.29. The van der Waals surface area contributed by atoms with E-state index in [2.05, 4.69) is 4.90 Å². The lowest BCUT2D eigenvalue weighted by molar-refractivity contribution is 0.568. The minimum absolute atomic E-state index is 0.0165. The number of para-hydroxylation sites is 1. The zero-order valence-corrected chi connectivity index (χ0v) is 11.0. The van der Waals surface area contributed by atoms with E-state index in [1.807, 2.05) is 32.0 Å². The van der Waals surface area contributed by atoms with Gasteiger partial charge in [0.25, 0.3) is 0 Å². The molecule has 94 valence electrons. The minimum atomic E-state index is -2.88. The van der Waals surface area contributed by atoms with E-state index in [1.165, 1.54) is 0 Å². The quantitative estimate of drug-likeness (QED) is 0.765. The fourth-order valence-electron chi connectivity index (χ4n) is 2.40. The van der Waals surface area contributed by atoms with E-state index in [1.54, 1.807) is 0 Å². The van der Waals surface area contributed by atoms with Crippen LogP contribution in [0.25, 0.3) is 0 Å². The summed E-state index contributed by atoms with van der Waals surface area (Å²) in [5, 5.41) is 0. The molecule has 1 aliphatic heterocycles. The minimum Gasteiger partial charge on any atom is -0.397 e. The van der Waals surface area contributed by atoms with Crippen LogP contribution in [0, 0.1) is 6.92 Å². The number of sulfone groups is 1. The Balaban J connectivity index is 2.36. The molecule has 0 spiro atoms. The van der Waals surface area contributed by atoms with Crippen molar-refractivity contribution in [2.24, 2.45) is 0 Å². The predicted molar refractivity (Wildman–Crippen MR) is 71.1 cm³/mol. The molecule has 0 aromatic heterocycles. The molecule has 1 aromatic rings. The zero-order chi connectivity index (χ0) is 12.6. The Morgan fingerprint density at radius 2 is 2.12 bits per heavy atom. The molecule has 0 radical (unpaired) electrons. The first-order chi connectivity index (χ1) is 7.91. The zero-order valence-electron chi connectivity index (χ0n) is 10.2. The lowest BCUT2D eigenvalue weighted by atomic mass is 10.1. The van der Waals surface area contributed by atoms with Crippen LogP contribution in [0.5, 0.6) is 0 Å². The van der Waals surface area contributed by atoms with Crippen LogP contribution in [0.1, 0.15) is 12.5 Å². The molecule has 2 N–H and O–H groups in total. The van der Waals surface area contributed by atoms with Gasteiger partial charge in [0.1, 0.15) is 0 Å². The Morgan fingerprint density at radius 3 is 2.71 bits per heavy atom. The molecule has 0 bridgehead atoms. The lowest BCUT2D eigenvalue weighted by Gasteiger charge is -2.36. The molecule has 1 unspecified atom stereocenters. The standard InChI is InChI=1S/C12H18N2O2S/c1-9-4-3-5-11(13)12(9)14-6-7-17(15,16)8-10(14)2/h3-5,10H,6-8,13H2,1-2H3. The third-order valence-corrected chi connectivity index (χ3v) is 5.02. The Labute approximate surface area is 102 Å². The van der Waals surface area contributed by atoms with Crippen molar-refractivity contribution < 1.29 is 8.42 Å². The Kier molecular flexibility index (Phi) is 3.03. The first-order valence-corrected chi connectivity index (χ1v) is 7.55. The summed E-state index contributed by atoms with van der Waals surface area (Å²) in [6.45, 7) is 4.46. The van der Waals surface area contributed by atoms with Crippen LogP contribution in [0.4, 0.5) is 11.4 Å². The third kappa shape index (κ3) is 2.39. The molecule has 17 heavy (non-hydrogen) atoms. The van der Waals surface area contributed by atoms with Crippen molar-refractivity contribution in [3.05, 3.63) is 23.8 Å². The summed E-state index contributed by atoms with van der Waals surface area (Å²) in [5.74, 6) is 0.423. The molecule has 5 heteroatoms. The van der Waals surface area contributed by atoms with Gasteiger partial charge in [-0.25, -0.2) is 8.42 Å². The molecular weight excluding hydrogens is 236 g/mol. The van der Waals surface area contributed by atoms with Crippen molar-refractivity contribution in [1.29, 1.82) is 0 Å². The molecule has 1 atom stereocenters. The highest BCUT2D eigenvalue weighted by molar-refractivity contribution is 7.91. The molecule has 1 aromatic carbocycles. The van der Waals surface area contributed by atoms with E-state index < -0.39 is 9.84 Å². The van der Waals surface area contributed by atoms with Crippen LogP contribution in [0.15, 0.2) is 18.2 Å². The number of hydrogen-bond donors (Lipinski definition) is 1. The fourth-order valence-corrected chi connectivity index (χ4v) is 3.96. The number of nitrogens with two attached hydrogens (primary N) is 1. The Hall–Kier alpha value is -1.23. The van der Waals surface area contributed by atoms with Gasteiger partial charge in [-0.1, -0.05) is 12.1 Å². The molecule has 2 rings (SSSR count).